The predicted molar refractivity (Wildman–Crippen MR) is 72.5 cm³/mol. The Bertz CT molecular complexity index is 587. The van der Waals surface area contributed by atoms with Gasteiger partial charge in [0.15, 0.2) is 6.20 Å². The molecule has 1 heterocycles. The highest BCUT2D eigenvalue weighted by molar-refractivity contribution is 9.10. The van der Waals surface area contributed by atoms with E-state index in [-0.39, 0.29) is 16.6 Å². The Kier molecular flexibility index (Phi) is 3.84. The van der Waals surface area contributed by atoms with Crippen molar-refractivity contribution in [3.8, 4) is 0 Å². The molecule has 0 saturated carbocycles. The first-order valence-electron chi connectivity index (χ1n) is 5.02. The van der Waals surface area contributed by atoms with Crippen LogP contribution in [0, 0.1) is 5.21 Å². The van der Waals surface area contributed by atoms with Crippen LogP contribution in [0.5, 0.6) is 0 Å². The number of nitrogens with zero attached hydrogens (tertiary/aromatic N) is 1. The molecule has 1 amide bonds. The average molecular weight is 328 g/mol. The summed E-state index contributed by atoms with van der Waals surface area (Å²) in [5.74, 6) is -0.362. The van der Waals surface area contributed by atoms with Crippen molar-refractivity contribution < 1.29 is 9.52 Å². The van der Waals surface area contributed by atoms with Gasteiger partial charge >= 0.3 is 0 Å². The monoisotopic (exact) mass is 326 g/mol. The molecular weight excluding hydrogens is 320 g/mol. The van der Waals surface area contributed by atoms with Crippen molar-refractivity contribution >= 4 is 39.1 Å². The summed E-state index contributed by atoms with van der Waals surface area (Å²) in [6, 6.07) is 10.00. The Labute approximate surface area is 117 Å². The lowest BCUT2D eigenvalue weighted by Crippen LogP contribution is -2.29. The minimum atomic E-state index is -0.362. The van der Waals surface area contributed by atoms with Crippen LogP contribution in [0.1, 0.15) is 10.4 Å². The summed E-state index contributed by atoms with van der Waals surface area (Å²) in [6.07, 6.45) is 1.14. The number of halogens is 2. The zero-order valence-electron chi connectivity index (χ0n) is 9.06. The van der Waals surface area contributed by atoms with Gasteiger partial charge in [-0.25, -0.2) is 0 Å². The summed E-state index contributed by atoms with van der Waals surface area (Å²) in [7, 11) is 0. The second kappa shape index (κ2) is 5.37. The third kappa shape index (κ3) is 3.00. The molecule has 0 saturated heterocycles. The number of aromatic nitrogens is 1. The van der Waals surface area contributed by atoms with Crippen molar-refractivity contribution in [1.82, 2.24) is 0 Å². The first kappa shape index (κ1) is 12.9. The number of pyridine rings is 1. The van der Waals surface area contributed by atoms with Gasteiger partial charge in [-0.05, 0) is 41.9 Å². The molecule has 0 aliphatic heterocycles. The molecule has 1 aromatic carbocycles. The van der Waals surface area contributed by atoms with Crippen molar-refractivity contribution in [1.29, 1.82) is 0 Å². The van der Waals surface area contributed by atoms with Crippen molar-refractivity contribution in [2.24, 2.45) is 0 Å². The average Bonchev–Trinajstić information content (AvgIpc) is 2.35. The number of amides is 1. The number of carbonyl (C=O) groups excluding carboxylic acids is 1. The summed E-state index contributed by atoms with van der Waals surface area (Å²) in [4.78, 5) is 11.8. The number of hydrogen-bond donors (Lipinski definition) is 1. The van der Waals surface area contributed by atoms with Crippen LogP contribution >= 0.6 is 27.5 Å². The van der Waals surface area contributed by atoms with Crippen LogP contribution in [-0.4, -0.2) is 5.91 Å². The Hall–Kier alpha value is -1.59. The summed E-state index contributed by atoms with van der Waals surface area (Å²) >= 11 is 8.88. The van der Waals surface area contributed by atoms with E-state index in [1.165, 1.54) is 12.1 Å². The topological polar surface area (TPSA) is 56.0 Å². The molecule has 0 unspecified atom stereocenters. The van der Waals surface area contributed by atoms with Gasteiger partial charge in [-0.3, -0.25) is 4.79 Å². The Morgan fingerprint density at radius 2 is 1.89 bits per heavy atom. The fourth-order valence-electron chi connectivity index (χ4n) is 1.33. The number of anilines is 1. The molecule has 0 radical (unpaired) electrons. The predicted octanol–water partition coefficient (Wildman–Crippen LogP) is 2.99. The van der Waals surface area contributed by atoms with Crippen LogP contribution in [-0.2, 0) is 0 Å². The Balaban J connectivity index is 2.16. The molecular formula is C12H8BrClN2O2. The van der Waals surface area contributed by atoms with Crippen molar-refractivity contribution in [3.63, 3.8) is 0 Å². The standard InChI is InChI=1S/C12H8BrClN2O2/c13-9-2-4-10(5-3-9)15-12(17)8-1-6-11(14)16(18)7-8/h1-7H,(H,15,17). The molecule has 4 nitrogen and oxygen atoms in total. The third-order valence-corrected chi connectivity index (χ3v) is 3.05. The minimum Gasteiger partial charge on any atom is -0.618 e. The molecule has 18 heavy (non-hydrogen) atoms. The van der Waals surface area contributed by atoms with E-state index in [0.717, 1.165) is 10.7 Å². The lowest BCUT2D eigenvalue weighted by atomic mass is 10.2. The molecule has 0 fully saturated rings. The van der Waals surface area contributed by atoms with Crippen LogP contribution in [0.3, 0.4) is 0 Å². The van der Waals surface area contributed by atoms with Crippen LogP contribution < -0.4 is 10.0 Å². The number of hydrogen-bond acceptors (Lipinski definition) is 2. The van der Waals surface area contributed by atoms with Gasteiger partial charge < -0.3 is 10.5 Å². The second-order valence-electron chi connectivity index (χ2n) is 3.53. The molecule has 92 valence electrons. The first-order valence-corrected chi connectivity index (χ1v) is 6.19. The highest BCUT2D eigenvalue weighted by Gasteiger charge is 2.11. The minimum absolute atomic E-state index is 0.0233. The molecule has 0 aliphatic rings. The van der Waals surface area contributed by atoms with Gasteiger partial charge in [0.2, 0.25) is 0 Å². The van der Waals surface area contributed by atoms with E-state index >= 15 is 0 Å². The zero-order valence-corrected chi connectivity index (χ0v) is 11.4. The second-order valence-corrected chi connectivity index (χ2v) is 4.83. The smallest absolute Gasteiger partial charge is 0.286 e. The Morgan fingerprint density at radius 1 is 1.22 bits per heavy atom. The molecule has 0 spiro atoms. The van der Waals surface area contributed by atoms with E-state index in [4.69, 9.17) is 11.6 Å². The lowest BCUT2D eigenvalue weighted by Gasteiger charge is -2.05. The third-order valence-electron chi connectivity index (χ3n) is 2.23. The van der Waals surface area contributed by atoms with Gasteiger partial charge in [-0.2, -0.15) is 4.73 Å². The zero-order chi connectivity index (χ0) is 13.1. The van der Waals surface area contributed by atoms with Gasteiger partial charge in [-0.1, -0.05) is 15.9 Å². The van der Waals surface area contributed by atoms with E-state index in [1.54, 1.807) is 12.1 Å². The normalized spacial score (nSPS) is 10.1. The van der Waals surface area contributed by atoms with Crippen molar-refractivity contribution in [2.75, 3.05) is 5.32 Å². The maximum absolute atomic E-state index is 11.8. The lowest BCUT2D eigenvalue weighted by molar-refractivity contribution is -0.603. The van der Waals surface area contributed by atoms with Crippen molar-refractivity contribution in [3.05, 3.63) is 63.0 Å². The summed E-state index contributed by atoms with van der Waals surface area (Å²) < 4.78 is 1.36. The van der Waals surface area contributed by atoms with Gasteiger partial charge in [0.05, 0.1) is 0 Å². The molecule has 2 rings (SSSR count). The van der Waals surface area contributed by atoms with Gasteiger partial charge in [-0.15, -0.1) is 0 Å². The first-order chi connectivity index (χ1) is 8.56. The quantitative estimate of drug-likeness (QED) is 0.524. The van der Waals surface area contributed by atoms with Gasteiger partial charge in [0.1, 0.15) is 5.56 Å². The number of carbonyl (C=O) groups is 1. The summed E-state index contributed by atoms with van der Waals surface area (Å²) in [5.41, 5.74) is 0.896. The number of benzene rings is 1. The molecule has 0 bridgehead atoms. The largest absolute Gasteiger partial charge is 0.618 e. The van der Waals surface area contributed by atoms with E-state index in [1.807, 2.05) is 12.1 Å². The van der Waals surface area contributed by atoms with E-state index < -0.39 is 0 Å². The van der Waals surface area contributed by atoms with Crippen LogP contribution in [0.25, 0.3) is 0 Å². The number of rotatable bonds is 2. The summed E-state index contributed by atoms with van der Waals surface area (Å²) in [6.45, 7) is 0. The highest BCUT2D eigenvalue weighted by atomic mass is 79.9. The maximum Gasteiger partial charge on any atom is 0.286 e. The van der Waals surface area contributed by atoms with Gasteiger partial charge in [0, 0.05) is 16.2 Å². The number of nitrogens with one attached hydrogen (secondary N) is 1. The van der Waals surface area contributed by atoms with E-state index in [2.05, 4.69) is 21.2 Å². The molecule has 6 heteroatoms. The maximum atomic E-state index is 11.8. The Morgan fingerprint density at radius 3 is 2.50 bits per heavy atom. The van der Waals surface area contributed by atoms with Crippen molar-refractivity contribution in [2.45, 2.75) is 0 Å². The van der Waals surface area contributed by atoms with Crippen LogP contribution in [0.4, 0.5) is 5.69 Å². The molecule has 0 aliphatic carbocycles. The molecule has 1 N–H and O–H groups in total. The van der Waals surface area contributed by atoms with E-state index in [9.17, 15) is 10.0 Å². The fourth-order valence-corrected chi connectivity index (χ4v) is 1.71. The van der Waals surface area contributed by atoms with Crippen LogP contribution in [0.2, 0.25) is 5.15 Å². The molecule has 2 aromatic rings. The van der Waals surface area contributed by atoms with Gasteiger partial charge in [0.25, 0.3) is 11.1 Å². The fraction of sp³-hybridized carbons (Fsp3) is 0. The summed E-state index contributed by atoms with van der Waals surface area (Å²) in [5, 5.41) is 13.9. The van der Waals surface area contributed by atoms with Crippen LogP contribution in [0.15, 0.2) is 47.1 Å². The van der Waals surface area contributed by atoms with E-state index in [0.29, 0.717) is 10.4 Å². The molecule has 0 atom stereocenters. The SMILES string of the molecule is O=C(Nc1ccc(Br)cc1)c1ccc(Cl)[n+]([O-])c1. The highest BCUT2D eigenvalue weighted by Crippen LogP contribution is 2.15. The molecule has 1 aromatic heterocycles.